The summed E-state index contributed by atoms with van der Waals surface area (Å²) < 4.78 is 37.7. The predicted molar refractivity (Wildman–Crippen MR) is 188 cm³/mol. The van der Waals surface area contributed by atoms with E-state index in [2.05, 4.69) is 32.9 Å². The van der Waals surface area contributed by atoms with Crippen LogP contribution in [0, 0.1) is 23.7 Å². The number of carbonyl (C=O) groups is 2. The van der Waals surface area contributed by atoms with Crippen LogP contribution in [0.4, 0.5) is 0 Å². The summed E-state index contributed by atoms with van der Waals surface area (Å²) in [5, 5.41) is 24.5. The molecule has 5 aliphatic rings. The first-order valence-electron chi connectivity index (χ1n) is 18.8. The Hall–Kier alpha value is -2.34. The van der Waals surface area contributed by atoms with Crippen molar-refractivity contribution in [3.8, 4) is 0 Å². The van der Waals surface area contributed by atoms with Crippen LogP contribution in [0.15, 0.2) is 47.1 Å². The van der Waals surface area contributed by atoms with E-state index in [1.54, 1.807) is 13.2 Å². The van der Waals surface area contributed by atoms with Gasteiger partial charge >= 0.3 is 11.9 Å². The van der Waals surface area contributed by atoms with Crippen LogP contribution in [0.3, 0.4) is 0 Å². The monoisotopic (exact) mass is 700 g/mol. The minimum absolute atomic E-state index is 0.0404. The Morgan fingerprint density at radius 1 is 1.16 bits per heavy atom. The van der Waals surface area contributed by atoms with Crippen LogP contribution in [0.2, 0.25) is 0 Å². The van der Waals surface area contributed by atoms with Crippen LogP contribution in [-0.2, 0) is 38.0 Å². The molecule has 1 aliphatic carbocycles. The summed E-state index contributed by atoms with van der Waals surface area (Å²) >= 11 is 0. The molecule has 280 valence electrons. The van der Waals surface area contributed by atoms with E-state index in [0.717, 1.165) is 24.8 Å². The fourth-order valence-electron chi connectivity index (χ4n) is 8.61. The van der Waals surface area contributed by atoms with Crippen molar-refractivity contribution < 1.29 is 48.2 Å². The van der Waals surface area contributed by atoms with E-state index in [-0.39, 0.29) is 42.9 Å². The van der Waals surface area contributed by atoms with Gasteiger partial charge in [-0.25, -0.2) is 0 Å². The number of hydrogen-bond donors (Lipinski definition) is 2. The Morgan fingerprint density at radius 3 is 2.62 bits per heavy atom. The van der Waals surface area contributed by atoms with Crippen LogP contribution < -0.4 is 0 Å². The van der Waals surface area contributed by atoms with Crippen LogP contribution >= 0.6 is 0 Å². The minimum atomic E-state index is -1.68. The second-order valence-corrected chi connectivity index (χ2v) is 15.5. The number of ether oxygens (including phenoxy) is 6. The van der Waals surface area contributed by atoms with Crippen molar-refractivity contribution in [2.24, 2.45) is 23.7 Å². The molecule has 0 radical (unpaired) electrons. The molecule has 13 atom stereocenters. The summed E-state index contributed by atoms with van der Waals surface area (Å²) in [5.41, 5.74) is 0.852. The molecule has 3 fully saturated rings. The average Bonchev–Trinajstić information content (AvgIpc) is 3.41. The van der Waals surface area contributed by atoms with Crippen molar-refractivity contribution in [3.05, 3.63) is 47.1 Å². The Labute approximate surface area is 298 Å². The van der Waals surface area contributed by atoms with Gasteiger partial charge in [-0.3, -0.25) is 9.59 Å². The number of methoxy groups -OCH3 is 1. The summed E-state index contributed by atoms with van der Waals surface area (Å²) in [6.45, 7) is 14.1. The SMILES string of the molecule is CCCC[C@@H](C)C(=O)O[C@H]1[C@H](C)[C@@H](CC)O[C@@]2(C[C@@H]3C[C@H](C/C=C(\C)C[C@@H](C)/C=C/C=C4\CO[C@@H]5[C@@H](OC)C(C)=C[C@H](C(=O)O3)[C@@]45O)O2)[C@H]1O. The van der Waals surface area contributed by atoms with Gasteiger partial charge in [0.25, 0.3) is 0 Å². The maximum absolute atomic E-state index is 14.3. The molecule has 2 bridgehead atoms. The number of hydrogen-bond acceptors (Lipinski definition) is 10. The van der Waals surface area contributed by atoms with Gasteiger partial charge in [-0.1, -0.05) is 83.4 Å². The zero-order valence-electron chi connectivity index (χ0n) is 31.3. The molecule has 0 saturated carbocycles. The van der Waals surface area contributed by atoms with Crippen molar-refractivity contribution >= 4 is 11.9 Å². The Balaban J connectivity index is 1.52. The normalized spacial score (nSPS) is 44.1. The number of rotatable bonds is 7. The second-order valence-electron chi connectivity index (χ2n) is 15.5. The van der Waals surface area contributed by atoms with Gasteiger partial charge in [-0.05, 0) is 56.6 Å². The van der Waals surface area contributed by atoms with Crippen molar-refractivity contribution in [3.63, 3.8) is 0 Å². The highest BCUT2D eigenvalue weighted by Crippen LogP contribution is 2.48. The summed E-state index contributed by atoms with van der Waals surface area (Å²) in [6.07, 6.45) is 9.61. The number of allylic oxidation sites excluding steroid dienone is 4. The largest absolute Gasteiger partial charge is 0.462 e. The van der Waals surface area contributed by atoms with Gasteiger partial charge in [0.2, 0.25) is 5.79 Å². The molecule has 4 heterocycles. The quantitative estimate of drug-likeness (QED) is 0.245. The van der Waals surface area contributed by atoms with Crippen molar-refractivity contribution in [2.45, 2.75) is 154 Å². The van der Waals surface area contributed by atoms with E-state index in [0.29, 0.717) is 31.3 Å². The summed E-state index contributed by atoms with van der Waals surface area (Å²) in [7, 11) is 1.57. The molecule has 4 aliphatic heterocycles. The van der Waals surface area contributed by atoms with Crippen LogP contribution in [0.1, 0.15) is 99.8 Å². The summed E-state index contributed by atoms with van der Waals surface area (Å²) in [4.78, 5) is 27.6. The Kier molecular flexibility index (Phi) is 12.5. The standard InChI is InChI=1S/C40H60O10/c1-9-11-14-25(5)37(42)48-34-27(7)32(10-2)50-39(35(34)41)21-30-20-29(49-39)17-16-24(4)18-23(3)13-12-15-28-22-46-36-33(45-8)26(6)19-31(38(43)47-30)40(28,36)44/h12-13,15-16,19,23,25,27,29-36,41,44H,9-11,14,17-18,20-22H2,1-8H3/b13-12+,24-16+,28-15+/t23-,25+,27+,29-,30-,31+,32+,33-,34-,35-,36+,39-,40-/m0/s1. The first-order valence-corrected chi connectivity index (χ1v) is 18.8. The first-order chi connectivity index (χ1) is 23.8. The lowest BCUT2D eigenvalue weighted by atomic mass is 9.70. The molecule has 5 rings (SSSR count). The molecule has 10 nitrogen and oxygen atoms in total. The smallest absolute Gasteiger partial charge is 0.316 e. The van der Waals surface area contributed by atoms with E-state index in [4.69, 9.17) is 28.4 Å². The van der Waals surface area contributed by atoms with E-state index < -0.39 is 59.9 Å². The lowest BCUT2D eigenvalue weighted by molar-refractivity contribution is -0.385. The highest BCUT2D eigenvalue weighted by molar-refractivity contribution is 5.78. The molecule has 0 aromatic rings. The van der Waals surface area contributed by atoms with Gasteiger partial charge in [-0.2, -0.15) is 0 Å². The molecule has 3 saturated heterocycles. The first kappa shape index (κ1) is 38.9. The number of unbranched alkanes of at least 4 members (excludes halogenated alkanes) is 1. The third-order valence-electron chi connectivity index (χ3n) is 11.6. The van der Waals surface area contributed by atoms with Crippen LogP contribution in [-0.4, -0.2) is 90.0 Å². The minimum Gasteiger partial charge on any atom is -0.462 e. The van der Waals surface area contributed by atoms with Gasteiger partial charge in [0.05, 0.1) is 24.7 Å². The van der Waals surface area contributed by atoms with E-state index >= 15 is 0 Å². The second kappa shape index (κ2) is 16.1. The number of esters is 2. The fraction of sp³-hybridized carbons (Fsp3) is 0.750. The summed E-state index contributed by atoms with van der Waals surface area (Å²) in [5.74, 6) is -3.97. The Bertz CT molecular complexity index is 1350. The number of fused-ring (bicyclic) bond motifs is 2. The fourth-order valence-corrected chi connectivity index (χ4v) is 8.61. The highest BCUT2D eigenvalue weighted by Gasteiger charge is 2.62. The lowest BCUT2D eigenvalue weighted by Gasteiger charge is -2.54. The van der Waals surface area contributed by atoms with Gasteiger partial charge in [0, 0.05) is 25.9 Å². The highest BCUT2D eigenvalue weighted by atomic mass is 16.7. The number of aliphatic hydroxyl groups is 2. The molecule has 50 heavy (non-hydrogen) atoms. The molecule has 1 spiro atoms. The summed E-state index contributed by atoms with van der Waals surface area (Å²) in [6, 6.07) is 0. The molecule has 0 unspecified atom stereocenters. The van der Waals surface area contributed by atoms with E-state index in [9.17, 15) is 19.8 Å². The van der Waals surface area contributed by atoms with Gasteiger partial charge in [0.1, 0.15) is 42.0 Å². The zero-order chi connectivity index (χ0) is 36.4. The molecular weight excluding hydrogens is 640 g/mol. The molecular formula is C40H60O10. The zero-order valence-corrected chi connectivity index (χ0v) is 31.3. The molecule has 0 amide bonds. The van der Waals surface area contributed by atoms with Crippen LogP contribution in [0.5, 0.6) is 0 Å². The molecule has 2 N–H and O–H groups in total. The van der Waals surface area contributed by atoms with Gasteiger partial charge < -0.3 is 38.6 Å². The van der Waals surface area contributed by atoms with Crippen LogP contribution in [0.25, 0.3) is 0 Å². The van der Waals surface area contributed by atoms with Crippen molar-refractivity contribution in [1.29, 1.82) is 0 Å². The van der Waals surface area contributed by atoms with Crippen molar-refractivity contribution in [2.75, 3.05) is 13.7 Å². The topological polar surface area (TPSA) is 130 Å². The third kappa shape index (κ3) is 7.71. The van der Waals surface area contributed by atoms with E-state index in [1.165, 1.54) is 5.57 Å². The van der Waals surface area contributed by atoms with Gasteiger partial charge in [0.15, 0.2) is 0 Å². The lowest BCUT2D eigenvalue weighted by Crippen LogP contribution is -2.67. The van der Waals surface area contributed by atoms with Gasteiger partial charge in [-0.15, -0.1) is 0 Å². The maximum atomic E-state index is 14.3. The molecule has 0 aromatic heterocycles. The van der Waals surface area contributed by atoms with Crippen molar-refractivity contribution in [1.82, 2.24) is 0 Å². The average molecular weight is 701 g/mol. The Morgan fingerprint density at radius 2 is 1.92 bits per heavy atom. The molecule has 10 heteroatoms. The third-order valence-corrected chi connectivity index (χ3v) is 11.6. The predicted octanol–water partition coefficient (Wildman–Crippen LogP) is 5.90. The molecule has 0 aromatic carbocycles. The number of aliphatic hydroxyl groups excluding tert-OH is 1. The maximum Gasteiger partial charge on any atom is 0.316 e. The number of carbonyl (C=O) groups excluding carboxylic acids is 2. The van der Waals surface area contributed by atoms with E-state index in [1.807, 2.05) is 39.8 Å².